The van der Waals surface area contributed by atoms with Crippen molar-refractivity contribution >= 4 is 0 Å². The van der Waals surface area contributed by atoms with Crippen molar-refractivity contribution in [1.82, 2.24) is 15.2 Å². The van der Waals surface area contributed by atoms with Gasteiger partial charge in [-0.25, -0.2) is 0 Å². The zero-order chi connectivity index (χ0) is 13.5. The standard InChI is InChI=1S/C15H27N3/c1-12(2)8-15(18(4)5)11-16-10-14-7-6-13(3)9-17-14/h6-7,9,12,15-16H,8,10-11H2,1-5H3. The van der Waals surface area contributed by atoms with Gasteiger partial charge in [-0.2, -0.15) is 0 Å². The van der Waals surface area contributed by atoms with Gasteiger partial charge in [-0.15, -0.1) is 0 Å². The van der Waals surface area contributed by atoms with E-state index >= 15 is 0 Å². The smallest absolute Gasteiger partial charge is 0.0541 e. The maximum atomic E-state index is 4.40. The Bertz CT molecular complexity index is 330. The summed E-state index contributed by atoms with van der Waals surface area (Å²) in [4.78, 5) is 6.71. The zero-order valence-electron chi connectivity index (χ0n) is 12.4. The van der Waals surface area contributed by atoms with Crippen molar-refractivity contribution in [2.45, 2.75) is 39.8 Å². The minimum Gasteiger partial charge on any atom is -0.310 e. The molecule has 1 atom stereocenters. The Morgan fingerprint density at radius 2 is 2.00 bits per heavy atom. The molecular weight excluding hydrogens is 222 g/mol. The van der Waals surface area contributed by atoms with Crippen LogP contribution in [0, 0.1) is 12.8 Å². The van der Waals surface area contributed by atoms with E-state index in [0.29, 0.717) is 6.04 Å². The Morgan fingerprint density at radius 1 is 1.28 bits per heavy atom. The fourth-order valence-electron chi connectivity index (χ4n) is 1.99. The predicted molar refractivity (Wildman–Crippen MR) is 77.6 cm³/mol. The molecule has 0 saturated carbocycles. The molecule has 0 radical (unpaired) electrons. The van der Waals surface area contributed by atoms with Crippen LogP contribution in [0.2, 0.25) is 0 Å². The summed E-state index contributed by atoms with van der Waals surface area (Å²) in [5.41, 5.74) is 2.33. The number of likely N-dealkylation sites (N-methyl/N-ethyl adjacent to an activating group) is 1. The molecule has 0 bridgehead atoms. The number of hydrogen-bond acceptors (Lipinski definition) is 3. The SMILES string of the molecule is Cc1ccc(CNCC(CC(C)C)N(C)C)nc1. The second-order valence-corrected chi connectivity index (χ2v) is 5.70. The first-order valence-electron chi connectivity index (χ1n) is 6.77. The molecule has 3 nitrogen and oxygen atoms in total. The molecule has 1 N–H and O–H groups in total. The maximum absolute atomic E-state index is 4.40. The van der Waals surface area contributed by atoms with Crippen LogP contribution in [0.1, 0.15) is 31.5 Å². The van der Waals surface area contributed by atoms with Gasteiger partial charge in [0.15, 0.2) is 0 Å². The molecule has 0 aromatic carbocycles. The number of aromatic nitrogens is 1. The molecule has 1 unspecified atom stereocenters. The first-order chi connectivity index (χ1) is 8.49. The van der Waals surface area contributed by atoms with Crippen LogP contribution in [0.3, 0.4) is 0 Å². The quantitative estimate of drug-likeness (QED) is 0.804. The lowest BCUT2D eigenvalue weighted by Crippen LogP contribution is -2.38. The molecule has 1 heterocycles. The third-order valence-corrected chi connectivity index (χ3v) is 3.13. The number of hydrogen-bond donors (Lipinski definition) is 1. The van der Waals surface area contributed by atoms with Crippen LogP contribution < -0.4 is 5.32 Å². The van der Waals surface area contributed by atoms with Gasteiger partial charge >= 0.3 is 0 Å². The fraction of sp³-hybridized carbons (Fsp3) is 0.667. The Kier molecular flexibility index (Phi) is 6.30. The van der Waals surface area contributed by atoms with Crippen LogP contribution >= 0.6 is 0 Å². The number of pyridine rings is 1. The van der Waals surface area contributed by atoms with Crippen molar-refractivity contribution in [3.05, 3.63) is 29.6 Å². The largest absolute Gasteiger partial charge is 0.310 e. The van der Waals surface area contributed by atoms with Gasteiger partial charge in [0, 0.05) is 25.3 Å². The molecule has 0 aliphatic rings. The molecule has 102 valence electrons. The summed E-state index contributed by atoms with van der Waals surface area (Å²) in [6.07, 6.45) is 3.15. The maximum Gasteiger partial charge on any atom is 0.0541 e. The van der Waals surface area contributed by atoms with Crippen LogP contribution in [0.5, 0.6) is 0 Å². The minimum absolute atomic E-state index is 0.593. The molecule has 1 aromatic heterocycles. The average Bonchev–Trinajstić information content (AvgIpc) is 2.29. The molecule has 0 fully saturated rings. The van der Waals surface area contributed by atoms with Crippen molar-refractivity contribution in [2.75, 3.05) is 20.6 Å². The van der Waals surface area contributed by atoms with Gasteiger partial charge in [-0.3, -0.25) is 4.98 Å². The van der Waals surface area contributed by atoms with Crippen molar-refractivity contribution in [1.29, 1.82) is 0 Å². The second kappa shape index (κ2) is 7.49. The summed E-state index contributed by atoms with van der Waals surface area (Å²) in [6, 6.07) is 4.80. The van der Waals surface area contributed by atoms with Gasteiger partial charge in [-0.05, 0) is 45.0 Å². The van der Waals surface area contributed by atoms with E-state index in [1.165, 1.54) is 12.0 Å². The lowest BCUT2D eigenvalue weighted by molar-refractivity contribution is 0.246. The van der Waals surface area contributed by atoms with E-state index in [2.05, 4.69) is 62.2 Å². The summed E-state index contributed by atoms with van der Waals surface area (Å²) < 4.78 is 0. The van der Waals surface area contributed by atoms with E-state index in [9.17, 15) is 0 Å². The van der Waals surface area contributed by atoms with Gasteiger partial charge in [0.05, 0.1) is 5.69 Å². The number of rotatable bonds is 7. The summed E-state index contributed by atoms with van der Waals surface area (Å²) in [6.45, 7) is 8.48. The molecule has 3 heteroatoms. The Morgan fingerprint density at radius 3 is 2.50 bits per heavy atom. The number of aryl methyl sites for hydroxylation is 1. The molecule has 0 aliphatic carbocycles. The highest BCUT2D eigenvalue weighted by Gasteiger charge is 2.12. The molecule has 0 amide bonds. The van der Waals surface area contributed by atoms with Crippen molar-refractivity contribution < 1.29 is 0 Å². The third-order valence-electron chi connectivity index (χ3n) is 3.13. The van der Waals surface area contributed by atoms with Crippen LogP contribution in [0.15, 0.2) is 18.3 Å². The highest BCUT2D eigenvalue weighted by atomic mass is 15.1. The Balaban J connectivity index is 2.36. The Hall–Kier alpha value is -0.930. The monoisotopic (exact) mass is 249 g/mol. The summed E-state index contributed by atoms with van der Waals surface area (Å²) in [5.74, 6) is 0.733. The highest BCUT2D eigenvalue weighted by Crippen LogP contribution is 2.08. The predicted octanol–water partition coefficient (Wildman–Crippen LogP) is 2.46. The van der Waals surface area contributed by atoms with Gasteiger partial charge in [0.2, 0.25) is 0 Å². The second-order valence-electron chi connectivity index (χ2n) is 5.70. The number of nitrogens with one attached hydrogen (secondary N) is 1. The van der Waals surface area contributed by atoms with Gasteiger partial charge in [0.25, 0.3) is 0 Å². The van der Waals surface area contributed by atoms with Crippen LogP contribution in [-0.4, -0.2) is 36.6 Å². The summed E-state index contributed by atoms with van der Waals surface area (Å²) in [7, 11) is 4.30. The lowest BCUT2D eigenvalue weighted by Gasteiger charge is -2.26. The summed E-state index contributed by atoms with van der Waals surface area (Å²) in [5, 5.41) is 3.50. The summed E-state index contributed by atoms with van der Waals surface area (Å²) >= 11 is 0. The van der Waals surface area contributed by atoms with E-state index in [0.717, 1.165) is 24.7 Å². The first-order valence-corrected chi connectivity index (χ1v) is 6.77. The molecule has 1 rings (SSSR count). The van der Waals surface area contributed by atoms with Crippen molar-refractivity contribution in [3.63, 3.8) is 0 Å². The molecule has 0 saturated heterocycles. The van der Waals surface area contributed by atoms with E-state index in [-0.39, 0.29) is 0 Å². The fourth-order valence-corrected chi connectivity index (χ4v) is 1.99. The topological polar surface area (TPSA) is 28.2 Å². The third kappa shape index (κ3) is 5.61. The molecule has 1 aromatic rings. The van der Waals surface area contributed by atoms with E-state index in [1.807, 2.05) is 6.20 Å². The van der Waals surface area contributed by atoms with E-state index in [1.54, 1.807) is 0 Å². The van der Waals surface area contributed by atoms with Gasteiger partial charge in [-0.1, -0.05) is 19.9 Å². The highest BCUT2D eigenvalue weighted by molar-refractivity contribution is 5.11. The van der Waals surface area contributed by atoms with E-state index < -0.39 is 0 Å². The number of nitrogens with zero attached hydrogens (tertiary/aromatic N) is 2. The normalized spacial score (nSPS) is 13.3. The Labute approximate surface area is 112 Å². The van der Waals surface area contributed by atoms with Crippen LogP contribution in [0.25, 0.3) is 0 Å². The zero-order valence-corrected chi connectivity index (χ0v) is 12.4. The average molecular weight is 249 g/mol. The van der Waals surface area contributed by atoms with E-state index in [4.69, 9.17) is 0 Å². The van der Waals surface area contributed by atoms with Gasteiger partial charge in [0.1, 0.15) is 0 Å². The van der Waals surface area contributed by atoms with Crippen molar-refractivity contribution in [2.24, 2.45) is 5.92 Å². The molecule has 18 heavy (non-hydrogen) atoms. The van der Waals surface area contributed by atoms with Gasteiger partial charge < -0.3 is 10.2 Å². The first kappa shape index (κ1) is 15.1. The lowest BCUT2D eigenvalue weighted by atomic mass is 10.0. The van der Waals surface area contributed by atoms with Crippen LogP contribution in [0.4, 0.5) is 0 Å². The molecular formula is C15H27N3. The minimum atomic E-state index is 0.593. The van der Waals surface area contributed by atoms with Crippen LogP contribution in [-0.2, 0) is 6.54 Å². The molecule has 0 spiro atoms. The molecule has 0 aliphatic heterocycles. The van der Waals surface area contributed by atoms with Crippen molar-refractivity contribution in [3.8, 4) is 0 Å².